The maximum absolute atomic E-state index is 15.2. The van der Waals surface area contributed by atoms with Crippen molar-refractivity contribution in [1.29, 1.82) is 0 Å². The maximum atomic E-state index is 15.2. The predicted octanol–water partition coefficient (Wildman–Crippen LogP) is 1.93. The highest BCUT2D eigenvalue weighted by Gasteiger charge is 2.49. The maximum Gasteiger partial charge on any atom is 0.350 e. The molecule has 11 heteroatoms. The number of hydrogen-bond acceptors (Lipinski definition) is 9. The van der Waals surface area contributed by atoms with Gasteiger partial charge >= 0.3 is 5.69 Å². The Labute approximate surface area is 188 Å². The molecule has 0 spiro atoms. The second-order valence-electron chi connectivity index (χ2n) is 8.59. The molecule has 3 aromatic rings. The van der Waals surface area contributed by atoms with E-state index < -0.39 is 11.9 Å². The minimum atomic E-state index is -0.934. The predicted molar refractivity (Wildman–Crippen MR) is 120 cm³/mol. The van der Waals surface area contributed by atoms with Gasteiger partial charge < -0.3 is 14.9 Å². The average molecular weight is 458 g/mol. The molecule has 3 aliphatic rings. The molecule has 2 bridgehead atoms. The number of aromatic nitrogens is 5. The van der Waals surface area contributed by atoms with Crippen molar-refractivity contribution in [1.82, 2.24) is 29.6 Å². The number of aryl methyl sites for hydroxylation is 1. The van der Waals surface area contributed by atoms with E-state index in [2.05, 4.69) is 25.1 Å². The molecular weight excluding hydrogens is 433 g/mol. The molecule has 6 rings (SSSR count). The van der Waals surface area contributed by atoms with Gasteiger partial charge in [0.1, 0.15) is 18.2 Å². The molecule has 2 aliphatic heterocycles. The Morgan fingerprint density at radius 1 is 1.25 bits per heavy atom. The van der Waals surface area contributed by atoms with Crippen LogP contribution in [0.5, 0.6) is 5.75 Å². The van der Waals surface area contributed by atoms with Crippen molar-refractivity contribution >= 4 is 16.5 Å². The SMILES string of the molecule is CN1C[C@H]2CC[C@H]1[C@@H](F)[C@H]2N(C)c1nnc(-c2ccc(-c3ncn(C)c(=O)n3)cc2O)s1. The zero-order valence-electron chi connectivity index (χ0n) is 18.0. The van der Waals surface area contributed by atoms with Crippen LogP contribution in [0.2, 0.25) is 0 Å². The summed E-state index contributed by atoms with van der Waals surface area (Å²) in [6.07, 6.45) is 2.36. The van der Waals surface area contributed by atoms with Gasteiger partial charge in [0.2, 0.25) is 5.13 Å². The standard InChI is InChI=1S/C21H24FN7O2S/c1-27-9-12-5-7-14(27)16(22)17(12)29(3)21-26-25-19(32-21)13-6-4-11(8-15(13)30)18-23-10-28(2)20(31)24-18/h4,6,8,10,12,14,16-17,30H,5,7,9H2,1-3H3/t12-,14+,16-,17+/m1/s1. The molecule has 1 N–H and O–H groups in total. The number of alkyl halides is 1. The fourth-order valence-corrected chi connectivity index (χ4v) is 5.76. The molecule has 1 aliphatic carbocycles. The highest BCUT2D eigenvalue weighted by Crippen LogP contribution is 2.42. The molecule has 4 atom stereocenters. The molecule has 3 fully saturated rings. The fourth-order valence-electron chi connectivity index (χ4n) is 4.87. The van der Waals surface area contributed by atoms with E-state index in [1.807, 2.05) is 19.0 Å². The molecule has 1 aromatic carbocycles. The van der Waals surface area contributed by atoms with Gasteiger partial charge in [-0.2, -0.15) is 4.98 Å². The Kier molecular flexibility index (Phi) is 5.17. The Morgan fingerprint density at radius 3 is 2.75 bits per heavy atom. The second-order valence-corrected chi connectivity index (χ2v) is 9.54. The van der Waals surface area contributed by atoms with Gasteiger partial charge in [-0.1, -0.05) is 17.4 Å². The van der Waals surface area contributed by atoms with E-state index in [-0.39, 0.29) is 29.6 Å². The number of phenols is 1. The average Bonchev–Trinajstić information content (AvgIpc) is 3.25. The van der Waals surface area contributed by atoms with E-state index in [1.165, 1.54) is 28.3 Å². The molecule has 32 heavy (non-hydrogen) atoms. The first-order valence-corrected chi connectivity index (χ1v) is 11.3. The summed E-state index contributed by atoms with van der Waals surface area (Å²) in [6, 6.07) is 4.66. The zero-order valence-corrected chi connectivity index (χ0v) is 18.8. The molecule has 0 unspecified atom stereocenters. The van der Waals surface area contributed by atoms with Crippen molar-refractivity contribution in [3.8, 4) is 27.7 Å². The first-order valence-electron chi connectivity index (χ1n) is 10.5. The third-order valence-electron chi connectivity index (χ3n) is 6.60. The minimum Gasteiger partial charge on any atom is -0.507 e. The van der Waals surface area contributed by atoms with Crippen LogP contribution >= 0.6 is 11.3 Å². The van der Waals surface area contributed by atoms with Crippen molar-refractivity contribution in [2.75, 3.05) is 25.5 Å². The van der Waals surface area contributed by atoms with Crippen molar-refractivity contribution in [3.63, 3.8) is 0 Å². The highest BCUT2D eigenvalue weighted by atomic mass is 32.1. The van der Waals surface area contributed by atoms with Crippen molar-refractivity contribution in [3.05, 3.63) is 35.0 Å². The lowest BCUT2D eigenvalue weighted by Gasteiger charge is -2.52. The van der Waals surface area contributed by atoms with E-state index in [1.54, 1.807) is 19.2 Å². The van der Waals surface area contributed by atoms with Crippen LogP contribution in [0.3, 0.4) is 0 Å². The molecule has 0 amide bonds. The number of halogens is 1. The van der Waals surface area contributed by atoms with E-state index in [4.69, 9.17) is 0 Å². The van der Waals surface area contributed by atoms with Gasteiger partial charge in [0.15, 0.2) is 10.8 Å². The first-order chi connectivity index (χ1) is 15.3. The fraction of sp³-hybridized carbons (Fsp3) is 0.476. The summed E-state index contributed by atoms with van der Waals surface area (Å²) in [7, 11) is 5.44. The van der Waals surface area contributed by atoms with Gasteiger partial charge in [-0.3, -0.25) is 4.57 Å². The number of anilines is 1. The molecule has 2 saturated heterocycles. The van der Waals surface area contributed by atoms with Crippen LogP contribution in [-0.4, -0.2) is 73.6 Å². The molecule has 9 nitrogen and oxygen atoms in total. The quantitative estimate of drug-likeness (QED) is 0.635. The van der Waals surface area contributed by atoms with Crippen LogP contribution in [0.4, 0.5) is 9.52 Å². The normalized spacial score (nSPS) is 25.2. The molecule has 2 aromatic heterocycles. The summed E-state index contributed by atoms with van der Waals surface area (Å²) < 4.78 is 16.5. The van der Waals surface area contributed by atoms with Crippen LogP contribution in [0, 0.1) is 5.92 Å². The lowest BCUT2D eigenvalue weighted by molar-refractivity contribution is -0.0175. The van der Waals surface area contributed by atoms with Crippen molar-refractivity contribution in [2.45, 2.75) is 31.1 Å². The zero-order chi connectivity index (χ0) is 22.6. The topological polar surface area (TPSA) is 100 Å². The van der Waals surface area contributed by atoms with E-state index in [0.717, 1.165) is 19.4 Å². The third kappa shape index (κ3) is 3.45. The third-order valence-corrected chi connectivity index (χ3v) is 7.65. The van der Waals surface area contributed by atoms with Crippen molar-refractivity contribution in [2.24, 2.45) is 13.0 Å². The van der Waals surface area contributed by atoms with Crippen LogP contribution in [0.15, 0.2) is 29.3 Å². The summed E-state index contributed by atoms with van der Waals surface area (Å²) in [5, 5.41) is 20.3. The number of aromatic hydroxyl groups is 1. The summed E-state index contributed by atoms with van der Waals surface area (Å²) in [5.74, 6) is 0.474. The molecule has 4 heterocycles. The number of fused-ring (bicyclic) bond motifs is 3. The number of rotatable bonds is 4. The Morgan fingerprint density at radius 2 is 2.06 bits per heavy atom. The number of nitrogens with zero attached hydrogens (tertiary/aromatic N) is 7. The Hall–Kier alpha value is -2.92. The summed E-state index contributed by atoms with van der Waals surface area (Å²) in [6.45, 7) is 0.888. The first kappa shape index (κ1) is 21.0. The Bertz CT molecular complexity index is 1210. The number of piperidine rings is 2. The number of hydrogen-bond donors (Lipinski definition) is 1. The van der Waals surface area contributed by atoms with Gasteiger partial charge in [0.05, 0.1) is 11.6 Å². The lowest BCUT2D eigenvalue weighted by Crippen LogP contribution is -2.64. The van der Waals surface area contributed by atoms with E-state index >= 15 is 4.39 Å². The highest BCUT2D eigenvalue weighted by molar-refractivity contribution is 7.18. The molecule has 168 valence electrons. The summed E-state index contributed by atoms with van der Waals surface area (Å²) >= 11 is 1.32. The molecular formula is C21H24FN7O2S. The van der Waals surface area contributed by atoms with Crippen molar-refractivity contribution < 1.29 is 9.50 Å². The number of phenolic OH excluding ortho intramolecular Hbond substituents is 1. The van der Waals surface area contributed by atoms with Crippen LogP contribution in [0.1, 0.15) is 12.8 Å². The van der Waals surface area contributed by atoms with E-state index in [9.17, 15) is 9.90 Å². The van der Waals surface area contributed by atoms with Crippen LogP contribution in [-0.2, 0) is 7.05 Å². The number of benzene rings is 1. The van der Waals surface area contributed by atoms with E-state index in [0.29, 0.717) is 21.3 Å². The largest absolute Gasteiger partial charge is 0.507 e. The van der Waals surface area contributed by atoms with Gasteiger partial charge in [0.25, 0.3) is 0 Å². The van der Waals surface area contributed by atoms with Gasteiger partial charge in [-0.15, -0.1) is 10.2 Å². The van der Waals surface area contributed by atoms with Gasteiger partial charge in [-0.25, -0.2) is 14.2 Å². The monoisotopic (exact) mass is 457 g/mol. The molecule has 0 radical (unpaired) electrons. The Balaban J connectivity index is 1.40. The minimum absolute atomic E-state index is 0.0150. The lowest BCUT2D eigenvalue weighted by atomic mass is 9.74. The van der Waals surface area contributed by atoms with Crippen LogP contribution < -0.4 is 10.6 Å². The van der Waals surface area contributed by atoms with Gasteiger partial charge in [0, 0.05) is 32.2 Å². The van der Waals surface area contributed by atoms with Crippen LogP contribution in [0.25, 0.3) is 22.0 Å². The summed E-state index contributed by atoms with van der Waals surface area (Å²) in [5.41, 5.74) is 0.606. The second kappa shape index (κ2) is 7.89. The van der Waals surface area contributed by atoms with Gasteiger partial charge in [-0.05, 0) is 37.9 Å². The molecule has 1 saturated carbocycles. The summed E-state index contributed by atoms with van der Waals surface area (Å²) in [4.78, 5) is 23.9. The smallest absolute Gasteiger partial charge is 0.350 e.